The summed E-state index contributed by atoms with van der Waals surface area (Å²) in [5.41, 5.74) is 11.5. The van der Waals surface area contributed by atoms with Crippen LogP contribution in [0.1, 0.15) is 35.6 Å². The lowest BCUT2D eigenvalue weighted by Gasteiger charge is -2.15. The summed E-state index contributed by atoms with van der Waals surface area (Å²) in [4.78, 5) is 0. The number of halogens is 4. The van der Waals surface area contributed by atoms with Crippen LogP contribution in [0.5, 0.6) is 0 Å². The van der Waals surface area contributed by atoms with Crippen molar-refractivity contribution in [1.29, 1.82) is 0 Å². The highest BCUT2D eigenvalue weighted by molar-refractivity contribution is 5.85. The molecule has 0 fully saturated rings. The molecule has 2 aromatic rings. The van der Waals surface area contributed by atoms with Crippen molar-refractivity contribution in [1.82, 2.24) is 0 Å². The van der Waals surface area contributed by atoms with E-state index in [0.29, 0.717) is 0 Å². The summed E-state index contributed by atoms with van der Waals surface area (Å²) >= 11 is 0. The quantitative estimate of drug-likeness (QED) is 0.718. The molecule has 118 valence electrons. The highest BCUT2D eigenvalue weighted by Crippen LogP contribution is 2.38. The summed E-state index contributed by atoms with van der Waals surface area (Å²) in [6, 6.07) is 13.4. The molecule has 0 unspecified atom stereocenters. The summed E-state index contributed by atoms with van der Waals surface area (Å²) < 4.78 is 36.8. The summed E-state index contributed by atoms with van der Waals surface area (Å²) in [6.07, 6.45) is -4.24. The number of nitrogens with two attached hydrogens (primary N) is 1. The minimum absolute atomic E-state index is 0. The van der Waals surface area contributed by atoms with Gasteiger partial charge in [-0.1, -0.05) is 42.5 Å². The topological polar surface area (TPSA) is 26.0 Å². The zero-order chi connectivity index (χ0) is 15.0. The Labute approximate surface area is 133 Å². The third-order valence-corrected chi connectivity index (χ3v) is 3.98. The van der Waals surface area contributed by atoms with Crippen molar-refractivity contribution >= 4 is 12.4 Å². The van der Waals surface area contributed by atoms with E-state index in [1.54, 1.807) is 0 Å². The molecule has 1 aliphatic carbocycles. The van der Waals surface area contributed by atoms with Crippen LogP contribution in [0.3, 0.4) is 0 Å². The molecular formula is C17H17ClF3N. The van der Waals surface area contributed by atoms with Crippen LogP contribution in [0.2, 0.25) is 0 Å². The van der Waals surface area contributed by atoms with E-state index < -0.39 is 18.6 Å². The minimum Gasteiger partial charge on any atom is -0.324 e. The Hall–Kier alpha value is -1.52. The molecule has 1 atom stereocenters. The van der Waals surface area contributed by atoms with Crippen LogP contribution >= 0.6 is 12.4 Å². The molecule has 0 amide bonds. The van der Waals surface area contributed by atoms with Gasteiger partial charge in [-0.15, -0.1) is 12.4 Å². The predicted molar refractivity (Wildman–Crippen MR) is 84.1 cm³/mol. The lowest BCUT2D eigenvalue weighted by Crippen LogP contribution is -2.15. The van der Waals surface area contributed by atoms with Crippen LogP contribution in [-0.4, -0.2) is 6.18 Å². The molecule has 22 heavy (non-hydrogen) atoms. The summed E-state index contributed by atoms with van der Waals surface area (Å²) in [5, 5.41) is 0. The van der Waals surface area contributed by atoms with Gasteiger partial charge in [-0.25, -0.2) is 0 Å². The predicted octanol–water partition coefficient (Wildman–Crippen LogP) is 5.02. The van der Waals surface area contributed by atoms with Crippen LogP contribution in [-0.2, 0) is 6.42 Å². The fourth-order valence-corrected chi connectivity index (χ4v) is 2.88. The van der Waals surface area contributed by atoms with E-state index >= 15 is 0 Å². The van der Waals surface area contributed by atoms with Gasteiger partial charge in [0.25, 0.3) is 0 Å². The second-order valence-electron chi connectivity index (χ2n) is 5.51. The Balaban J connectivity index is 0.00000176. The maximum atomic E-state index is 12.3. The van der Waals surface area contributed by atoms with Gasteiger partial charge in [0.15, 0.2) is 0 Å². The van der Waals surface area contributed by atoms with Gasteiger partial charge in [0.05, 0.1) is 0 Å². The number of hydrogen-bond donors (Lipinski definition) is 1. The molecule has 1 aliphatic rings. The summed E-state index contributed by atoms with van der Waals surface area (Å²) in [5.74, 6) is 0. The first-order chi connectivity index (χ1) is 9.94. The van der Waals surface area contributed by atoms with Crippen LogP contribution in [0.15, 0.2) is 42.5 Å². The van der Waals surface area contributed by atoms with Crippen LogP contribution < -0.4 is 5.73 Å². The third kappa shape index (κ3) is 3.45. The van der Waals surface area contributed by atoms with Gasteiger partial charge in [0.2, 0.25) is 0 Å². The highest BCUT2D eigenvalue weighted by Gasteiger charge is 2.28. The average molecular weight is 328 g/mol. The molecule has 0 heterocycles. The first-order valence-electron chi connectivity index (χ1n) is 6.97. The van der Waals surface area contributed by atoms with Crippen molar-refractivity contribution in [3.05, 3.63) is 59.2 Å². The van der Waals surface area contributed by atoms with E-state index in [4.69, 9.17) is 5.73 Å². The van der Waals surface area contributed by atoms with Gasteiger partial charge in [-0.3, -0.25) is 0 Å². The van der Waals surface area contributed by atoms with E-state index in [1.165, 1.54) is 11.1 Å². The van der Waals surface area contributed by atoms with E-state index in [1.807, 2.05) is 30.3 Å². The average Bonchev–Trinajstić information content (AvgIpc) is 2.81. The highest BCUT2D eigenvalue weighted by atomic mass is 35.5. The van der Waals surface area contributed by atoms with Crippen molar-refractivity contribution in [3.63, 3.8) is 0 Å². The lowest BCUT2D eigenvalue weighted by molar-refractivity contribution is -0.136. The molecule has 0 saturated heterocycles. The fourth-order valence-electron chi connectivity index (χ4n) is 2.88. The Morgan fingerprint density at radius 1 is 1.00 bits per heavy atom. The van der Waals surface area contributed by atoms with Crippen molar-refractivity contribution < 1.29 is 13.2 Å². The molecule has 5 heteroatoms. The second-order valence-corrected chi connectivity index (χ2v) is 5.51. The number of benzene rings is 2. The van der Waals surface area contributed by atoms with E-state index in [2.05, 4.69) is 12.1 Å². The molecule has 2 aromatic carbocycles. The van der Waals surface area contributed by atoms with Gasteiger partial charge in [-0.2, -0.15) is 13.2 Å². The second kappa shape index (κ2) is 6.31. The van der Waals surface area contributed by atoms with Gasteiger partial charge >= 0.3 is 6.18 Å². The van der Waals surface area contributed by atoms with Crippen LogP contribution in [0.4, 0.5) is 13.2 Å². The van der Waals surface area contributed by atoms with E-state index in [0.717, 1.165) is 23.1 Å². The largest absolute Gasteiger partial charge is 0.389 e. The van der Waals surface area contributed by atoms with Gasteiger partial charge in [0.1, 0.15) is 0 Å². The lowest BCUT2D eigenvalue weighted by atomic mass is 9.97. The minimum atomic E-state index is -4.15. The standard InChI is InChI=1S/C17H16F3N.ClH/c18-17(19,20)8-7-16(21)12-5-6-15-13(10-12)9-11-3-1-2-4-14(11)15;/h1-6,10,16H,7-9,21H2;1H/t16-;/m0./s1. The van der Waals surface area contributed by atoms with Crippen molar-refractivity contribution in [3.8, 4) is 11.1 Å². The smallest absolute Gasteiger partial charge is 0.324 e. The number of hydrogen-bond acceptors (Lipinski definition) is 1. The third-order valence-electron chi connectivity index (χ3n) is 3.98. The van der Waals surface area contributed by atoms with Gasteiger partial charge in [0, 0.05) is 12.5 Å². The monoisotopic (exact) mass is 327 g/mol. The maximum absolute atomic E-state index is 12.3. The molecule has 0 aromatic heterocycles. The Morgan fingerprint density at radius 3 is 2.41 bits per heavy atom. The number of fused-ring (bicyclic) bond motifs is 3. The van der Waals surface area contributed by atoms with Gasteiger partial charge in [-0.05, 0) is 40.7 Å². The SMILES string of the molecule is Cl.N[C@@H](CCC(F)(F)F)c1ccc2c(c1)Cc1ccccc1-2. The molecule has 0 bridgehead atoms. The summed E-state index contributed by atoms with van der Waals surface area (Å²) in [7, 11) is 0. The van der Waals surface area contributed by atoms with Crippen molar-refractivity contribution in [2.75, 3.05) is 0 Å². The number of alkyl halides is 3. The van der Waals surface area contributed by atoms with Crippen molar-refractivity contribution in [2.24, 2.45) is 5.73 Å². The Bertz CT molecular complexity index is 667. The van der Waals surface area contributed by atoms with E-state index in [9.17, 15) is 13.2 Å². The molecular weight excluding hydrogens is 311 g/mol. The first-order valence-corrected chi connectivity index (χ1v) is 6.97. The number of rotatable bonds is 3. The molecule has 0 spiro atoms. The Kier molecular flexibility index (Phi) is 4.83. The van der Waals surface area contributed by atoms with Crippen molar-refractivity contribution in [2.45, 2.75) is 31.5 Å². The van der Waals surface area contributed by atoms with Crippen LogP contribution in [0.25, 0.3) is 11.1 Å². The normalized spacial score (nSPS) is 14.0. The molecule has 0 aliphatic heterocycles. The molecule has 0 radical (unpaired) electrons. The van der Waals surface area contributed by atoms with E-state index in [-0.39, 0.29) is 18.8 Å². The molecule has 3 rings (SSSR count). The zero-order valence-electron chi connectivity index (χ0n) is 11.9. The maximum Gasteiger partial charge on any atom is 0.389 e. The Morgan fingerprint density at radius 2 is 1.68 bits per heavy atom. The zero-order valence-corrected chi connectivity index (χ0v) is 12.7. The summed E-state index contributed by atoms with van der Waals surface area (Å²) in [6.45, 7) is 0. The molecule has 2 N–H and O–H groups in total. The molecule has 0 saturated carbocycles. The fraction of sp³-hybridized carbons (Fsp3) is 0.294. The van der Waals surface area contributed by atoms with Crippen LogP contribution in [0, 0.1) is 0 Å². The van der Waals surface area contributed by atoms with Gasteiger partial charge < -0.3 is 5.73 Å². The molecule has 1 nitrogen and oxygen atoms in total. The first kappa shape index (κ1) is 16.8.